The zero-order valence-corrected chi connectivity index (χ0v) is 18.5. The molecule has 0 fully saturated rings. The minimum atomic E-state index is 0.0216. The zero-order chi connectivity index (χ0) is 21.3. The van der Waals surface area contributed by atoms with E-state index in [9.17, 15) is 4.79 Å². The molecule has 1 atom stereocenters. The Morgan fingerprint density at radius 3 is 2.70 bits per heavy atom. The van der Waals surface area contributed by atoms with E-state index in [2.05, 4.69) is 20.5 Å². The molecule has 3 aromatic rings. The largest absolute Gasteiger partial charge is 0.351 e. The van der Waals surface area contributed by atoms with E-state index in [1.165, 1.54) is 4.90 Å². The molecule has 154 valence electrons. The van der Waals surface area contributed by atoms with E-state index in [4.69, 9.17) is 11.6 Å². The van der Waals surface area contributed by atoms with Gasteiger partial charge in [0.15, 0.2) is 6.29 Å². The number of thiophene rings is 1. The number of hydrogen-bond acceptors (Lipinski definition) is 6. The van der Waals surface area contributed by atoms with Crippen LogP contribution in [0.25, 0.3) is 10.4 Å². The van der Waals surface area contributed by atoms with Gasteiger partial charge in [0.1, 0.15) is 6.34 Å². The second-order valence-corrected chi connectivity index (χ2v) is 8.66. The molecule has 0 saturated heterocycles. The Hall–Kier alpha value is -2.87. The van der Waals surface area contributed by atoms with Crippen LogP contribution in [0.15, 0.2) is 53.5 Å². The summed E-state index contributed by atoms with van der Waals surface area (Å²) in [5.74, 6) is 0. The van der Waals surface area contributed by atoms with Gasteiger partial charge in [0.05, 0.1) is 22.7 Å². The van der Waals surface area contributed by atoms with Gasteiger partial charge in [0.2, 0.25) is 6.41 Å². The fourth-order valence-corrected chi connectivity index (χ4v) is 4.49. The van der Waals surface area contributed by atoms with Crippen molar-refractivity contribution < 1.29 is 4.79 Å². The van der Waals surface area contributed by atoms with E-state index in [1.54, 1.807) is 17.7 Å². The van der Waals surface area contributed by atoms with E-state index in [0.717, 1.165) is 44.5 Å². The SMILES string of the molecule is CNC1Nc2cc(N(C=O)C=Nc3cc(-c4ccc(Cl)cc4)sc3C)ccc2N1C. The normalized spacial score (nSPS) is 15.3. The molecule has 1 aromatic heterocycles. The molecule has 2 N–H and O–H groups in total. The summed E-state index contributed by atoms with van der Waals surface area (Å²) in [4.78, 5) is 22.1. The Balaban J connectivity index is 1.56. The predicted octanol–water partition coefficient (Wildman–Crippen LogP) is 5.06. The number of carbonyl (C=O) groups excluding carboxylic acids is 1. The van der Waals surface area contributed by atoms with Gasteiger partial charge in [-0.05, 0) is 55.9 Å². The number of hydrogen-bond donors (Lipinski definition) is 2. The lowest BCUT2D eigenvalue weighted by molar-refractivity contribution is -0.106. The first-order chi connectivity index (χ1) is 14.5. The predicted molar refractivity (Wildman–Crippen MR) is 128 cm³/mol. The molecule has 1 aliphatic rings. The summed E-state index contributed by atoms with van der Waals surface area (Å²) >= 11 is 7.65. The Kier molecular flexibility index (Phi) is 5.76. The molecular weight excluding hydrogens is 418 g/mol. The number of rotatable bonds is 6. The number of anilines is 3. The van der Waals surface area contributed by atoms with Crippen molar-refractivity contribution in [1.29, 1.82) is 0 Å². The van der Waals surface area contributed by atoms with Crippen molar-refractivity contribution in [2.75, 3.05) is 29.2 Å². The summed E-state index contributed by atoms with van der Waals surface area (Å²) in [5, 5.41) is 7.29. The third-order valence-corrected chi connectivity index (χ3v) is 6.41. The monoisotopic (exact) mass is 439 g/mol. The fraction of sp³-hybridized carbons (Fsp3) is 0.182. The first kappa shape index (κ1) is 20.4. The van der Waals surface area contributed by atoms with Gasteiger partial charge in [-0.1, -0.05) is 23.7 Å². The number of aryl methyl sites for hydroxylation is 1. The molecule has 1 aliphatic heterocycles. The third-order valence-electron chi connectivity index (χ3n) is 5.07. The molecule has 1 unspecified atom stereocenters. The van der Waals surface area contributed by atoms with Crippen LogP contribution in [-0.4, -0.2) is 33.1 Å². The van der Waals surface area contributed by atoms with Gasteiger partial charge in [0.25, 0.3) is 0 Å². The van der Waals surface area contributed by atoms with Crippen LogP contribution in [0.1, 0.15) is 4.88 Å². The molecule has 6 nitrogen and oxygen atoms in total. The highest BCUT2D eigenvalue weighted by Gasteiger charge is 2.24. The van der Waals surface area contributed by atoms with E-state index >= 15 is 0 Å². The molecule has 0 bridgehead atoms. The highest BCUT2D eigenvalue weighted by atomic mass is 35.5. The minimum absolute atomic E-state index is 0.0216. The van der Waals surface area contributed by atoms with Crippen molar-refractivity contribution in [3.05, 3.63) is 58.4 Å². The van der Waals surface area contributed by atoms with E-state index < -0.39 is 0 Å². The van der Waals surface area contributed by atoms with Gasteiger partial charge in [-0.15, -0.1) is 11.3 Å². The maximum absolute atomic E-state index is 11.7. The topological polar surface area (TPSA) is 60.0 Å². The number of aliphatic imine (C=N–C) groups is 1. The molecule has 1 amide bonds. The lowest BCUT2D eigenvalue weighted by atomic mass is 10.2. The maximum Gasteiger partial charge on any atom is 0.219 e. The first-order valence-corrected chi connectivity index (χ1v) is 10.6. The highest BCUT2D eigenvalue weighted by Crippen LogP contribution is 2.37. The number of nitrogens with one attached hydrogen (secondary N) is 2. The molecule has 0 radical (unpaired) electrons. The lowest BCUT2D eigenvalue weighted by Crippen LogP contribution is -2.43. The van der Waals surface area contributed by atoms with Gasteiger partial charge in [-0.25, -0.2) is 4.99 Å². The number of fused-ring (bicyclic) bond motifs is 1. The van der Waals surface area contributed by atoms with Crippen molar-refractivity contribution in [2.45, 2.75) is 13.2 Å². The Bertz CT molecular complexity index is 1100. The van der Waals surface area contributed by atoms with Crippen LogP contribution >= 0.6 is 22.9 Å². The van der Waals surface area contributed by atoms with Crippen LogP contribution < -0.4 is 20.4 Å². The number of benzene rings is 2. The Labute approximate surface area is 184 Å². The first-order valence-electron chi connectivity index (χ1n) is 9.45. The van der Waals surface area contributed by atoms with Crippen LogP contribution in [0.2, 0.25) is 5.02 Å². The smallest absolute Gasteiger partial charge is 0.219 e. The van der Waals surface area contributed by atoms with Crippen LogP contribution in [0.3, 0.4) is 0 Å². The average molecular weight is 440 g/mol. The molecule has 4 rings (SSSR count). The summed E-state index contributed by atoms with van der Waals surface area (Å²) < 4.78 is 0. The van der Waals surface area contributed by atoms with E-state index in [1.807, 2.05) is 69.6 Å². The summed E-state index contributed by atoms with van der Waals surface area (Å²) in [6.45, 7) is 2.02. The highest BCUT2D eigenvalue weighted by molar-refractivity contribution is 7.16. The second kappa shape index (κ2) is 8.47. The summed E-state index contributed by atoms with van der Waals surface area (Å²) in [7, 11) is 3.91. The van der Waals surface area contributed by atoms with Gasteiger partial charge >= 0.3 is 0 Å². The third kappa shape index (κ3) is 3.92. The average Bonchev–Trinajstić information content (AvgIpc) is 3.28. The molecule has 8 heteroatoms. The fourth-order valence-electron chi connectivity index (χ4n) is 3.39. The molecule has 0 aliphatic carbocycles. The van der Waals surface area contributed by atoms with Crippen molar-refractivity contribution in [1.82, 2.24) is 5.32 Å². The molecule has 2 aromatic carbocycles. The number of nitrogens with zero attached hydrogens (tertiary/aromatic N) is 3. The molecule has 0 spiro atoms. The summed E-state index contributed by atoms with van der Waals surface area (Å²) in [6.07, 6.45) is 2.35. The van der Waals surface area contributed by atoms with E-state index in [-0.39, 0.29) is 6.29 Å². The molecular formula is C22H22ClN5OS. The molecule has 0 saturated carbocycles. The van der Waals surface area contributed by atoms with E-state index in [0.29, 0.717) is 5.02 Å². The van der Waals surface area contributed by atoms with Crippen molar-refractivity contribution >= 4 is 58.4 Å². The maximum atomic E-state index is 11.7. The lowest BCUT2D eigenvalue weighted by Gasteiger charge is -2.20. The number of amides is 1. The van der Waals surface area contributed by atoms with Gasteiger partial charge in [-0.2, -0.15) is 0 Å². The van der Waals surface area contributed by atoms with Crippen LogP contribution in [0, 0.1) is 6.92 Å². The standard InChI is InChI=1S/C22H22ClN5OS/c1-14-18(11-21(30-14)15-4-6-16(23)7-5-15)25-12-28(13-29)17-8-9-20-19(10-17)26-22(24-2)27(20)3/h4-13,22,24,26H,1-3H3. The second-order valence-electron chi connectivity index (χ2n) is 6.96. The van der Waals surface area contributed by atoms with Gasteiger partial charge in [-0.3, -0.25) is 15.0 Å². The van der Waals surface area contributed by atoms with Gasteiger partial charge < -0.3 is 10.2 Å². The van der Waals surface area contributed by atoms with Crippen LogP contribution in [-0.2, 0) is 4.79 Å². The summed E-state index contributed by atoms with van der Waals surface area (Å²) in [5.41, 5.74) is 4.71. The molecule has 2 heterocycles. The molecule has 30 heavy (non-hydrogen) atoms. The Morgan fingerprint density at radius 1 is 1.23 bits per heavy atom. The van der Waals surface area contributed by atoms with Gasteiger partial charge in [0, 0.05) is 21.8 Å². The van der Waals surface area contributed by atoms with Crippen LogP contribution in [0.4, 0.5) is 22.7 Å². The Morgan fingerprint density at radius 2 is 2.00 bits per heavy atom. The van der Waals surface area contributed by atoms with Crippen LogP contribution in [0.5, 0.6) is 0 Å². The van der Waals surface area contributed by atoms with Crippen molar-refractivity contribution in [3.8, 4) is 10.4 Å². The number of halogens is 1. The summed E-state index contributed by atoms with van der Waals surface area (Å²) in [6, 6.07) is 15.6. The minimum Gasteiger partial charge on any atom is -0.351 e. The number of carbonyl (C=O) groups is 1. The quantitative estimate of drug-likeness (QED) is 0.320. The van der Waals surface area contributed by atoms with Crippen molar-refractivity contribution in [3.63, 3.8) is 0 Å². The van der Waals surface area contributed by atoms with Crippen molar-refractivity contribution in [2.24, 2.45) is 4.99 Å². The zero-order valence-electron chi connectivity index (χ0n) is 16.9.